The highest BCUT2D eigenvalue weighted by Crippen LogP contribution is 2.47. The number of rotatable bonds is 12. The molecule has 3 aliphatic heterocycles. The summed E-state index contributed by atoms with van der Waals surface area (Å²) in [6.07, 6.45) is 7.53. The molecule has 3 N–H and O–H groups in total. The average Bonchev–Trinajstić information content (AvgIpc) is 3.70. The van der Waals surface area contributed by atoms with Crippen molar-refractivity contribution in [1.82, 2.24) is 29.0 Å². The van der Waals surface area contributed by atoms with Crippen LogP contribution in [0.2, 0.25) is 0 Å². The van der Waals surface area contributed by atoms with Gasteiger partial charge in [-0.3, -0.25) is 38.7 Å². The largest absolute Gasteiger partial charge is 0.453 e. The fourth-order valence-electron chi connectivity index (χ4n) is 9.52. The van der Waals surface area contributed by atoms with Gasteiger partial charge in [0.2, 0.25) is 17.7 Å². The smallest absolute Gasteiger partial charge is 0.301 e. The van der Waals surface area contributed by atoms with Gasteiger partial charge in [0.15, 0.2) is 11.6 Å². The molecule has 1 aromatic heterocycles. The Kier molecular flexibility index (Phi) is 12.7. The SMILES string of the molecule is CCN(C)S(=O)(=O)Nc1ccc(F)c(Oc2ccc3ncn(C4CCC5(CC4)CCN(C(=O)CN4CCC(c6ccc(NC7CCC(=O)NC7=O)cc6F)CC4)C5)c(=O)c3c2)c1C#N. The van der Waals surface area contributed by atoms with Crippen molar-refractivity contribution in [1.29, 1.82) is 5.26 Å². The first-order valence-corrected chi connectivity index (χ1v) is 23.1. The van der Waals surface area contributed by atoms with Crippen LogP contribution in [0.25, 0.3) is 10.9 Å². The molecule has 1 unspecified atom stereocenters. The van der Waals surface area contributed by atoms with Crippen molar-refractivity contribution in [3.63, 3.8) is 0 Å². The van der Waals surface area contributed by atoms with E-state index in [0.29, 0.717) is 68.8 Å². The Bertz CT molecular complexity index is 2690. The number of carbonyl (C=O) groups excluding carboxylic acids is 3. The number of fused-ring (bicyclic) bond motifs is 1. The lowest BCUT2D eigenvalue weighted by atomic mass is 9.72. The van der Waals surface area contributed by atoms with Crippen LogP contribution < -0.4 is 25.7 Å². The Morgan fingerprint density at radius 1 is 1.00 bits per heavy atom. The minimum atomic E-state index is -4.02. The van der Waals surface area contributed by atoms with Gasteiger partial charge in [-0.15, -0.1) is 0 Å². The number of ether oxygens (including phenoxy) is 1. The molecule has 4 heterocycles. The molecule has 4 fully saturated rings. The van der Waals surface area contributed by atoms with E-state index in [0.717, 1.165) is 48.5 Å². The van der Waals surface area contributed by atoms with Crippen molar-refractivity contribution in [2.45, 2.75) is 82.7 Å². The number of likely N-dealkylation sites (tertiary alicyclic amines) is 2. The number of aromatic nitrogens is 2. The second-order valence-corrected chi connectivity index (χ2v) is 19.2. The quantitative estimate of drug-likeness (QED) is 0.154. The Morgan fingerprint density at radius 2 is 1.77 bits per heavy atom. The fraction of sp³-hybridized carbons (Fsp3) is 0.467. The van der Waals surface area contributed by atoms with Crippen molar-refractivity contribution >= 4 is 50.2 Å². The van der Waals surface area contributed by atoms with Crippen LogP contribution in [0.3, 0.4) is 0 Å². The van der Waals surface area contributed by atoms with Crippen molar-refractivity contribution in [2.75, 3.05) is 56.4 Å². The number of piperidine rings is 2. The van der Waals surface area contributed by atoms with Crippen molar-refractivity contribution in [2.24, 2.45) is 5.41 Å². The molecule has 1 spiro atoms. The Labute approximate surface area is 369 Å². The van der Waals surface area contributed by atoms with Gasteiger partial charge in [0.25, 0.3) is 5.56 Å². The van der Waals surface area contributed by atoms with E-state index in [-0.39, 0.29) is 75.9 Å². The highest BCUT2D eigenvalue weighted by molar-refractivity contribution is 7.90. The van der Waals surface area contributed by atoms with E-state index in [9.17, 15) is 32.9 Å². The van der Waals surface area contributed by atoms with Crippen LogP contribution >= 0.6 is 0 Å². The Hall–Kier alpha value is -5.97. The molecule has 64 heavy (non-hydrogen) atoms. The first-order chi connectivity index (χ1) is 30.7. The molecule has 3 amide bonds. The van der Waals surface area contributed by atoms with Gasteiger partial charge in [-0.25, -0.2) is 13.8 Å². The van der Waals surface area contributed by atoms with Gasteiger partial charge in [0, 0.05) is 44.8 Å². The lowest BCUT2D eigenvalue weighted by molar-refractivity contribution is -0.134. The summed E-state index contributed by atoms with van der Waals surface area (Å²) in [7, 11) is -2.66. The zero-order valence-corrected chi connectivity index (χ0v) is 36.6. The summed E-state index contributed by atoms with van der Waals surface area (Å²) in [6, 6.07) is 12.7. The summed E-state index contributed by atoms with van der Waals surface area (Å²) in [4.78, 5) is 59.8. The van der Waals surface area contributed by atoms with Crippen LogP contribution in [0.4, 0.5) is 20.2 Å². The van der Waals surface area contributed by atoms with Gasteiger partial charge < -0.3 is 15.0 Å². The maximum Gasteiger partial charge on any atom is 0.301 e. The summed E-state index contributed by atoms with van der Waals surface area (Å²) in [5.74, 6) is -2.29. The Morgan fingerprint density at radius 3 is 2.47 bits per heavy atom. The van der Waals surface area contributed by atoms with E-state index in [1.807, 2.05) is 11.0 Å². The molecule has 16 nitrogen and oxygen atoms in total. The molecule has 338 valence electrons. The molecular formula is C45H51F2N9O7S. The van der Waals surface area contributed by atoms with Gasteiger partial charge in [-0.2, -0.15) is 18.0 Å². The van der Waals surface area contributed by atoms with Gasteiger partial charge in [-0.1, -0.05) is 13.0 Å². The number of hydrogen-bond donors (Lipinski definition) is 3. The number of imide groups is 1. The van der Waals surface area contributed by atoms with Crippen LogP contribution in [-0.4, -0.2) is 102 Å². The summed E-state index contributed by atoms with van der Waals surface area (Å²) >= 11 is 0. The number of halogens is 2. The fourth-order valence-corrected chi connectivity index (χ4v) is 10.5. The number of carbonyl (C=O) groups is 3. The van der Waals surface area contributed by atoms with E-state index in [2.05, 4.69) is 25.2 Å². The average molecular weight is 900 g/mol. The number of anilines is 2. The molecule has 1 saturated carbocycles. The third-order valence-electron chi connectivity index (χ3n) is 13.5. The third kappa shape index (κ3) is 9.31. The zero-order valence-electron chi connectivity index (χ0n) is 35.7. The first kappa shape index (κ1) is 44.6. The predicted molar refractivity (Wildman–Crippen MR) is 234 cm³/mol. The van der Waals surface area contributed by atoms with Gasteiger partial charge >= 0.3 is 10.2 Å². The van der Waals surface area contributed by atoms with Crippen molar-refractivity contribution in [3.8, 4) is 17.6 Å². The molecule has 1 atom stereocenters. The first-order valence-electron chi connectivity index (χ1n) is 21.7. The predicted octanol–water partition coefficient (Wildman–Crippen LogP) is 5.38. The van der Waals surface area contributed by atoms with Crippen LogP contribution in [0.5, 0.6) is 11.5 Å². The maximum atomic E-state index is 15.3. The summed E-state index contributed by atoms with van der Waals surface area (Å²) in [5, 5.41) is 15.5. The molecule has 3 saturated heterocycles. The molecular weight excluding hydrogens is 849 g/mol. The third-order valence-corrected chi connectivity index (χ3v) is 15.0. The van der Waals surface area contributed by atoms with Gasteiger partial charge in [-0.05, 0) is 124 Å². The number of benzene rings is 3. The monoisotopic (exact) mass is 899 g/mol. The lowest BCUT2D eigenvalue weighted by Crippen LogP contribution is -2.47. The second kappa shape index (κ2) is 18.3. The van der Waals surface area contributed by atoms with Crippen LogP contribution in [0.15, 0.2) is 59.7 Å². The number of nitriles is 1. The van der Waals surface area contributed by atoms with Gasteiger partial charge in [0.05, 0.1) is 29.5 Å². The molecule has 1 aliphatic carbocycles. The van der Waals surface area contributed by atoms with E-state index < -0.39 is 33.7 Å². The maximum absolute atomic E-state index is 15.3. The molecule has 0 radical (unpaired) electrons. The summed E-state index contributed by atoms with van der Waals surface area (Å²) in [5.41, 5.74) is 0.656. The normalized spacial score (nSPS) is 22.2. The molecule has 4 aromatic rings. The summed E-state index contributed by atoms with van der Waals surface area (Å²) < 4.78 is 66.5. The van der Waals surface area contributed by atoms with Crippen molar-refractivity contribution in [3.05, 3.63) is 88.0 Å². The number of amides is 3. The molecule has 8 rings (SSSR count). The number of hydrogen-bond acceptors (Lipinski definition) is 11. The summed E-state index contributed by atoms with van der Waals surface area (Å²) in [6.45, 7) is 4.77. The zero-order chi connectivity index (χ0) is 45.3. The number of nitrogens with one attached hydrogen (secondary N) is 3. The topological polar surface area (TPSA) is 199 Å². The second-order valence-electron chi connectivity index (χ2n) is 17.4. The van der Waals surface area contributed by atoms with E-state index in [1.165, 1.54) is 25.2 Å². The number of nitrogens with zero attached hydrogens (tertiary/aromatic N) is 6. The van der Waals surface area contributed by atoms with Crippen molar-refractivity contribution < 1.29 is 36.3 Å². The standard InChI is InChI=1S/C45H51F2N9O7S/c1-3-53(2)64(61,62)52-38-9-7-35(46)42(34(38)24-48)63-31-5-8-37-33(23-31)44(60)56(27-49-37)30-12-16-45(17-13-30)18-21-55(26-45)41(58)25-54-19-14-28(15-20-54)32-6-4-29(22-36(32)47)50-39-10-11-40(57)51-43(39)59/h4-9,22-23,27-28,30,39,50,52H,3,10-21,25-26H2,1-2H3,(H,51,57,59). The minimum Gasteiger partial charge on any atom is -0.453 e. The van der Waals surface area contributed by atoms with Gasteiger partial charge in [0.1, 0.15) is 29.2 Å². The van der Waals surface area contributed by atoms with E-state index in [1.54, 1.807) is 36.0 Å². The molecule has 4 aliphatic rings. The molecule has 19 heteroatoms. The highest BCUT2D eigenvalue weighted by atomic mass is 32.2. The van der Waals surface area contributed by atoms with Crippen LogP contribution in [0.1, 0.15) is 87.8 Å². The van der Waals surface area contributed by atoms with Crippen LogP contribution in [0, 0.1) is 28.4 Å². The van der Waals surface area contributed by atoms with Crippen LogP contribution in [-0.2, 0) is 24.6 Å². The van der Waals surface area contributed by atoms with E-state index >= 15 is 8.78 Å². The molecule has 0 bridgehead atoms. The van der Waals surface area contributed by atoms with E-state index in [4.69, 9.17) is 4.74 Å². The Balaban J connectivity index is 0.847. The molecule has 3 aromatic carbocycles. The lowest BCUT2D eigenvalue weighted by Gasteiger charge is -2.38. The minimum absolute atomic E-state index is 0.0116. The highest BCUT2D eigenvalue weighted by Gasteiger charge is 2.43.